The summed E-state index contributed by atoms with van der Waals surface area (Å²) in [5.41, 5.74) is 5.75. The summed E-state index contributed by atoms with van der Waals surface area (Å²) in [6, 6.07) is 6.53. The van der Waals surface area contributed by atoms with Crippen molar-refractivity contribution in [2.45, 2.75) is 43.5 Å². The van der Waals surface area contributed by atoms with E-state index in [4.69, 9.17) is 10.5 Å². The summed E-state index contributed by atoms with van der Waals surface area (Å²) >= 11 is 0. The molecule has 2 aliphatic rings. The molecule has 7 nitrogen and oxygen atoms in total. The third kappa shape index (κ3) is 4.80. The highest BCUT2D eigenvalue weighted by atomic mass is 32.2. The molecule has 1 aliphatic heterocycles. The van der Waals surface area contributed by atoms with Crippen LogP contribution in [0.3, 0.4) is 0 Å². The van der Waals surface area contributed by atoms with Gasteiger partial charge in [-0.15, -0.1) is 0 Å². The van der Waals surface area contributed by atoms with Crippen molar-refractivity contribution in [3.8, 4) is 5.75 Å². The molecule has 8 heteroatoms. The zero-order valence-corrected chi connectivity index (χ0v) is 16.6. The van der Waals surface area contributed by atoms with Crippen molar-refractivity contribution in [1.29, 1.82) is 0 Å². The van der Waals surface area contributed by atoms with Crippen molar-refractivity contribution >= 4 is 15.9 Å². The minimum Gasteiger partial charge on any atom is -0.494 e. The predicted molar refractivity (Wildman–Crippen MR) is 103 cm³/mol. The predicted octanol–water partition coefficient (Wildman–Crippen LogP) is 1.34. The van der Waals surface area contributed by atoms with Crippen molar-refractivity contribution in [3.05, 3.63) is 24.3 Å². The van der Waals surface area contributed by atoms with Gasteiger partial charge in [0.15, 0.2) is 0 Å². The Morgan fingerprint density at radius 1 is 1.22 bits per heavy atom. The lowest BCUT2D eigenvalue weighted by atomic mass is 9.96. The highest BCUT2D eigenvalue weighted by Gasteiger charge is 2.35. The number of hydrogen-bond donors (Lipinski definition) is 2. The molecular formula is C19H29N3O4S. The van der Waals surface area contributed by atoms with Crippen LogP contribution in [0.1, 0.15) is 32.6 Å². The molecule has 0 spiro atoms. The highest BCUT2D eigenvalue weighted by Crippen LogP contribution is 2.32. The first-order valence-corrected chi connectivity index (χ1v) is 11.1. The Labute approximate surface area is 161 Å². The number of ether oxygens (including phenoxy) is 1. The number of benzene rings is 1. The molecule has 0 radical (unpaired) electrons. The van der Waals surface area contributed by atoms with Gasteiger partial charge in [-0.05, 0) is 62.8 Å². The van der Waals surface area contributed by atoms with Gasteiger partial charge in [0.25, 0.3) is 0 Å². The minimum atomic E-state index is -3.55. The second-order valence-electron chi connectivity index (χ2n) is 7.27. The van der Waals surface area contributed by atoms with Gasteiger partial charge in [-0.2, -0.15) is 4.31 Å². The van der Waals surface area contributed by atoms with Crippen LogP contribution in [0.4, 0.5) is 0 Å². The molecule has 1 aromatic carbocycles. The lowest BCUT2D eigenvalue weighted by Gasteiger charge is -2.31. The zero-order valence-electron chi connectivity index (χ0n) is 15.8. The van der Waals surface area contributed by atoms with E-state index in [2.05, 4.69) is 5.32 Å². The van der Waals surface area contributed by atoms with Crippen molar-refractivity contribution in [3.63, 3.8) is 0 Å². The van der Waals surface area contributed by atoms with Crippen LogP contribution in [-0.2, 0) is 14.8 Å². The molecule has 1 amide bonds. The van der Waals surface area contributed by atoms with E-state index < -0.39 is 10.0 Å². The van der Waals surface area contributed by atoms with E-state index in [9.17, 15) is 13.2 Å². The van der Waals surface area contributed by atoms with Gasteiger partial charge in [0.2, 0.25) is 15.9 Å². The monoisotopic (exact) mass is 395 g/mol. The second-order valence-corrected chi connectivity index (χ2v) is 9.21. The van der Waals surface area contributed by atoms with Gasteiger partial charge in [-0.3, -0.25) is 4.79 Å². The highest BCUT2D eigenvalue weighted by molar-refractivity contribution is 7.89. The van der Waals surface area contributed by atoms with Crippen LogP contribution < -0.4 is 15.8 Å². The van der Waals surface area contributed by atoms with E-state index >= 15 is 0 Å². The largest absolute Gasteiger partial charge is 0.494 e. The fraction of sp³-hybridized carbons (Fsp3) is 0.632. The van der Waals surface area contributed by atoms with Crippen LogP contribution in [0.2, 0.25) is 0 Å². The maximum absolute atomic E-state index is 12.8. The summed E-state index contributed by atoms with van der Waals surface area (Å²) in [6.45, 7) is 3.58. The van der Waals surface area contributed by atoms with Gasteiger partial charge in [-0.25, -0.2) is 8.42 Å². The number of nitrogens with zero attached hydrogens (tertiary/aromatic N) is 1. The first kappa shape index (κ1) is 20.1. The van der Waals surface area contributed by atoms with Gasteiger partial charge < -0.3 is 15.8 Å². The third-order valence-electron chi connectivity index (χ3n) is 5.37. The number of carbonyl (C=O) groups excluding carboxylic acids is 1. The SMILES string of the molecule is CCOc1ccc(S(=O)(=O)N2CCC(C(=O)NC(CN)C3CC3)CC2)cc1. The molecule has 1 atom stereocenters. The molecule has 1 saturated carbocycles. The number of nitrogens with two attached hydrogens (primary N) is 1. The number of amides is 1. The van der Waals surface area contributed by atoms with Crippen LogP contribution >= 0.6 is 0 Å². The van der Waals surface area contributed by atoms with E-state index in [1.54, 1.807) is 24.3 Å². The van der Waals surface area contributed by atoms with Crippen LogP contribution in [0.5, 0.6) is 5.75 Å². The maximum Gasteiger partial charge on any atom is 0.243 e. The Morgan fingerprint density at radius 2 is 1.85 bits per heavy atom. The van der Waals surface area contributed by atoms with E-state index in [1.165, 1.54) is 4.31 Å². The average molecular weight is 396 g/mol. The zero-order chi connectivity index (χ0) is 19.4. The van der Waals surface area contributed by atoms with Crippen molar-refractivity contribution < 1.29 is 17.9 Å². The molecule has 0 bridgehead atoms. The minimum absolute atomic E-state index is 0.00969. The lowest BCUT2D eigenvalue weighted by molar-refractivity contribution is -0.126. The van der Waals surface area contributed by atoms with Crippen molar-refractivity contribution in [2.24, 2.45) is 17.6 Å². The van der Waals surface area contributed by atoms with Gasteiger partial charge in [0, 0.05) is 31.6 Å². The molecule has 1 aliphatic carbocycles. The normalized spacial score (nSPS) is 20.2. The van der Waals surface area contributed by atoms with Crippen LogP contribution in [0.25, 0.3) is 0 Å². The number of carbonyl (C=O) groups is 1. The van der Waals surface area contributed by atoms with Gasteiger partial charge in [0.05, 0.1) is 11.5 Å². The van der Waals surface area contributed by atoms with Crippen molar-refractivity contribution in [2.75, 3.05) is 26.2 Å². The smallest absolute Gasteiger partial charge is 0.243 e. The molecule has 1 heterocycles. The van der Waals surface area contributed by atoms with Gasteiger partial charge in [-0.1, -0.05) is 0 Å². The molecule has 3 rings (SSSR count). The molecule has 27 heavy (non-hydrogen) atoms. The number of sulfonamides is 1. The quantitative estimate of drug-likeness (QED) is 0.692. The Balaban J connectivity index is 1.56. The Bertz CT molecular complexity index is 739. The van der Waals surface area contributed by atoms with E-state index in [0.717, 1.165) is 12.8 Å². The first-order valence-electron chi connectivity index (χ1n) is 9.69. The fourth-order valence-corrected chi connectivity index (χ4v) is 5.02. The summed E-state index contributed by atoms with van der Waals surface area (Å²) in [5.74, 6) is 1.02. The standard InChI is InChI=1S/C19H29N3O4S/c1-2-26-16-5-7-17(8-6-16)27(24,25)22-11-9-15(10-12-22)19(23)21-18(13-20)14-3-4-14/h5-8,14-15,18H,2-4,9-13,20H2,1H3,(H,21,23). The number of piperidine rings is 1. The number of nitrogens with one attached hydrogen (secondary N) is 1. The summed E-state index contributed by atoms with van der Waals surface area (Å²) in [5, 5.41) is 3.06. The summed E-state index contributed by atoms with van der Waals surface area (Å²) < 4.78 is 32.5. The topological polar surface area (TPSA) is 102 Å². The van der Waals surface area contributed by atoms with Crippen molar-refractivity contribution in [1.82, 2.24) is 9.62 Å². The number of hydrogen-bond acceptors (Lipinski definition) is 5. The summed E-state index contributed by atoms with van der Waals surface area (Å²) in [4.78, 5) is 12.7. The van der Waals surface area contributed by atoms with Crippen LogP contribution in [0, 0.1) is 11.8 Å². The average Bonchev–Trinajstić information content (AvgIpc) is 3.52. The fourth-order valence-electron chi connectivity index (χ4n) is 3.55. The van der Waals surface area contributed by atoms with E-state index in [-0.39, 0.29) is 22.8 Å². The molecule has 1 saturated heterocycles. The lowest BCUT2D eigenvalue weighted by Crippen LogP contribution is -2.47. The van der Waals surface area contributed by atoms with Gasteiger partial charge in [0.1, 0.15) is 5.75 Å². The molecular weight excluding hydrogens is 366 g/mol. The van der Waals surface area contributed by atoms with Crippen LogP contribution in [-0.4, -0.2) is 50.9 Å². The van der Waals surface area contributed by atoms with E-state index in [0.29, 0.717) is 50.8 Å². The van der Waals surface area contributed by atoms with Gasteiger partial charge >= 0.3 is 0 Å². The number of rotatable bonds is 8. The molecule has 3 N–H and O–H groups in total. The molecule has 150 valence electrons. The molecule has 1 unspecified atom stereocenters. The van der Waals surface area contributed by atoms with E-state index in [1.807, 2.05) is 6.92 Å². The molecule has 0 aromatic heterocycles. The Morgan fingerprint density at radius 3 is 2.37 bits per heavy atom. The summed E-state index contributed by atoms with van der Waals surface area (Å²) in [7, 11) is -3.55. The molecule has 1 aromatic rings. The Hall–Kier alpha value is -1.64. The Kier molecular flexibility index (Phi) is 6.39. The maximum atomic E-state index is 12.8. The third-order valence-corrected chi connectivity index (χ3v) is 7.28. The second kappa shape index (κ2) is 8.58. The molecule has 2 fully saturated rings. The first-order chi connectivity index (χ1) is 13.0. The van der Waals surface area contributed by atoms with Crippen LogP contribution in [0.15, 0.2) is 29.2 Å². The summed E-state index contributed by atoms with van der Waals surface area (Å²) in [6.07, 6.45) is 3.32.